The summed E-state index contributed by atoms with van der Waals surface area (Å²) in [6.45, 7) is 28.3. The molecule has 3 rings (SSSR count). The summed E-state index contributed by atoms with van der Waals surface area (Å²) >= 11 is 0. The van der Waals surface area contributed by atoms with Crippen molar-refractivity contribution < 1.29 is 21.2 Å². The van der Waals surface area contributed by atoms with Crippen molar-refractivity contribution in [2.45, 2.75) is 409 Å². The van der Waals surface area contributed by atoms with E-state index in [4.69, 9.17) is 0 Å². The molecule has 0 aromatic heterocycles. The Kier molecular flexibility index (Phi) is 58.5. The van der Waals surface area contributed by atoms with E-state index >= 15 is 0 Å². The van der Waals surface area contributed by atoms with Gasteiger partial charge in [-0.1, -0.05) is 332 Å². The number of aryl methyl sites for hydroxylation is 4. The minimum atomic E-state index is 0. The van der Waals surface area contributed by atoms with Crippen LogP contribution in [0.3, 0.4) is 0 Å². The Hall–Kier alpha value is -1.99. The first-order chi connectivity index (χ1) is 40.8. The molecule has 2 nitrogen and oxygen atoms in total. The maximum absolute atomic E-state index is 11.9. The van der Waals surface area contributed by atoms with Gasteiger partial charge in [-0.2, -0.15) is 12.8 Å². The molecule has 1 heterocycles. The molecule has 0 spiro atoms. The van der Waals surface area contributed by atoms with E-state index < -0.39 is 0 Å². The molecule has 0 saturated carbocycles. The smallest absolute Gasteiger partial charge is 0.493 e. The van der Waals surface area contributed by atoms with E-state index in [1.54, 1.807) is 0 Å². The van der Waals surface area contributed by atoms with Crippen LogP contribution in [0.5, 0.6) is 0 Å². The predicted molar refractivity (Wildman–Crippen MR) is 377 cm³/mol. The zero-order chi connectivity index (χ0) is 60.6. The first-order valence-corrected chi connectivity index (χ1v) is 37.6. The fraction of sp³-hybridized carbons (Fsp3) is 0.778. The Labute approximate surface area is 538 Å². The monoisotopic (exact) mass is 1200 g/mol. The largest absolute Gasteiger partial charge is 2.00 e. The van der Waals surface area contributed by atoms with E-state index in [1.165, 1.54) is 332 Å². The summed E-state index contributed by atoms with van der Waals surface area (Å²) in [4.78, 5) is 0. The fourth-order valence-electron chi connectivity index (χ4n) is 12.8. The number of unbranched alkanes of at least 4 members (excludes halogenated alkanes) is 42. The first kappa shape index (κ1) is 82.0. The maximum atomic E-state index is 11.9. The maximum Gasteiger partial charge on any atom is 2.00 e. The first-order valence-electron chi connectivity index (χ1n) is 37.6. The van der Waals surface area contributed by atoms with Crippen LogP contribution in [-0.4, -0.2) is 4.70 Å². The normalized spacial score (nSPS) is 12.1. The molecule has 0 fully saturated rings. The fourth-order valence-corrected chi connectivity index (χ4v) is 12.8. The summed E-state index contributed by atoms with van der Waals surface area (Å²) in [7, 11) is 0. The quantitative estimate of drug-likeness (QED) is 0.0273. The molecule has 84 heavy (non-hydrogen) atoms. The van der Waals surface area contributed by atoms with E-state index in [0.29, 0.717) is 0 Å². The van der Waals surface area contributed by atoms with Crippen molar-refractivity contribution in [3.8, 4) is 0 Å². The van der Waals surface area contributed by atoms with Crippen molar-refractivity contribution >= 4 is 11.4 Å². The van der Waals surface area contributed by atoms with Crippen LogP contribution < -0.4 is 0 Å². The molecule has 1 aliphatic rings. The summed E-state index contributed by atoms with van der Waals surface area (Å²) in [5, 5.41) is 0. The standard InChI is InChI=1S/C37H54N2.2C22H45.Ni/c1-8-15-18-19-31-26-36(32-22-27(11-4)34(20-16-9-2)28(12-5)23-32)39(38)37(31)33-24-29(13-6)35(21-17-10-3)30(14-7)25-33;2*1-3-5-7-9-11-13-15-17-19-21-22-20-18-16-14-12-10-8-6-4-2;/h22-26H,8-21H2,1-7H3;2*1,3-22H2,2H3;/q;2*-1;+2. The Morgan fingerprint density at radius 3 is 0.786 bits per heavy atom. The molecule has 2 aromatic rings. The molecule has 0 aliphatic carbocycles. The molecular formula is C81H144N2Ni. The Morgan fingerprint density at radius 2 is 0.536 bits per heavy atom. The van der Waals surface area contributed by atoms with Crippen LogP contribution in [0.2, 0.25) is 0 Å². The van der Waals surface area contributed by atoms with E-state index in [0.717, 1.165) is 81.2 Å². The third-order valence-corrected chi connectivity index (χ3v) is 18.3. The van der Waals surface area contributed by atoms with E-state index in [-0.39, 0.29) is 16.5 Å². The molecule has 3 heteroatoms. The van der Waals surface area contributed by atoms with E-state index in [2.05, 4.69) is 107 Å². The molecule has 0 atom stereocenters. The second kappa shape index (κ2) is 60.0. The van der Waals surface area contributed by atoms with Gasteiger partial charge < -0.3 is 19.4 Å². The van der Waals surface area contributed by atoms with Crippen molar-refractivity contribution in [1.29, 1.82) is 0 Å². The molecule has 0 saturated heterocycles. The molecule has 0 amide bonds. The van der Waals surface area contributed by atoms with Crippen LogP contribution in [0.25, 0.3) is 16.9 Å². The molecule has 0 unspecified atom stereocenters. The second-order valence-corrected chi connectivity index (χ2v) is 25.8. The Morgan fingerprint density at radius 1 is 0.298 bits per heavy atom. The molecule has 2 aromatic carbocycles. The summed E-state index contributed by atoms with van der Waals surface area (Å²) in [5.74, 6) is 0. The Balaban J connectivity index is 0.00000132. The molecule has 0 N–H and O–H groups in total. The third-order valence-electron chi connectivity index (χ3n) is 18.3. The van der Waals surface area contributed by atoms with Crippen LogP contribution in [0.1, 0.15) is 415 Å². The van der Waals surface area contributed by atoms with Gasteiger partial charge in [-0.25, -0.2) is 4.70 Å². The van der Waals surface area contributed by atoms with Crippen molar-refractivity contribution in [1.82, 2.24) is 0 Å². The van der Waals surface area contributed by atoms with E-state index in [9.17, 15) is 5.53 Å². The number of hydrogen-bond donors (Lipinski definition) is 0. The summed E-state index contributed by atoms with van der Waals surface area (Å²) in [5.41, 5.74) is 26.3. The molecule has 488 valence electrons. The number of nitrogens with zero attached hydrogens (tertiary/aromatic N) is 2. The van der Waals surface area contributed by atoms with Gasteiger partial charge in [0.2, 0.25) is 11.4 Å². The van der Waals surface area contributed by atoms with Crippen molar-refractivity contribution in [2.24, 2.45) is 0 Å². The zero-order valence-corrected chi connectivity index (χ0v) is 59.2. The average molecular weight is 1200 g/mol. The van der Waals surface area contributed by atoms with Gasteiger partial charge in [-0.05, 0) is 122 Å². The zero-order valence-electron chi connectivity index (χ0n) is 58.2. The molecule has 1 aliphatic heterocycles. The number of rotatable bonds is 54. The Bertz CT molecular complexity index is 1740. The van der Waals surface area contributed by atoms with Crippen LogP contribution in [0.4, 0.5) is 0 Å². The van der Waals surface area contributed by atoms with Gasteiger partial charge in [0.1, 0.15) is 0 Å². The van der Waals surface area contributed by atoms with E-state index in [1.807, 2.05) is 0 Å². The number of benzene rings is 2. The van der Waals surface area contributed by atoms with Gasteiger partial charge in [0.15, 0.2) is 0 Å². The van der Waals surface area contributed by atoms with Crippen molar-refractivity contribution in [3.63, 3.8) is 0 Å². The second-order valence-electron chi connectivity index (χ2n) is 25.8. The minimum Gasteiger partial charge on any atom is -0.493 e. The number of allylic oxidation sites excluding steroid dienone is 2. The summed E-state index contributed by atoms with van der Waals surface area (Å²) in [6, 6.07) is 9.47. The topological polar surface area (TPSA) is 25.3 Å². The van der Waals surface area contributed by atoms with Gasteiger partial charge in [-0.15, -0.1) is 0 Å². The van der Waals surface area contributed by atoms with Gasteiger partial charge in [0.25, 0.3) is 0 Å². The predicted octanol–water partition coefficient (Wildman–Crippen LogP) is 28.3. The SMILES string of the molecule is CCCCCC1=C(c2cc(CC)c(CCCC)c(CC)c2)[N+](=[N-])C(c2cc(CC)c(CCCC)c(CC)c2)=C1.[CH2-]CCCCCCCCCCCCCCCCCCCCC.[CH2-]CCCCCCCCCCCCCCCCCCCCC.[Ni+2]. The average Bonchev–Trinajstić information content (AvgIpc) is 2.71. The third kappa shape index (κ3) is 39.1. The van der Waals surface area contributed by atoms with Crippen molar-refractivity contribution in [3.05, 3.63) is 99.8 Å². The molecule has 0 bridgehead atoms. The number of hydrogen-bond acceptors (Lipinski definition) is 0. The van der Waals surface area contributed by atoms with Gasteiger partial charge >= 0.3 is 16.5 Å². The molecule has 0 radical (unpaired) electrons. The minimum absolute atomic E-state index is 0. The van der Waals surface area contributed by atoms with Gasteiger partial charge in [-0.3, -0.25) is 0 Å². The van der Waals surface area contributed by atoms with Crippen molar-refractivity contribution in [2.75, 3.05) is 0 Å². The molecular weight excluding hydrogens is 1060 g/mol. The van der Waals surface area contributed by atoms with Crippen LogP contribution in [-0.2, 0) is 55.0 Å². The van der Waals surface area contributed by atoms with Gasteiger partial charge in [0.05, 0.1) is 0 Å². The summed E-state index contributed by atoms with van der Waals surface area (Å²) < 4.78 is 1.53. The van der Waals surface area contributed by atoms with Crippen LogP contribution in [0.15, 0.2) is 35.9 Å². The summed E-state index contributed by atoms with van der Waals surface area (Å²) in [6.07, 6.45) is 75.8. The van der Waals surface area contributed by atoms with Crippen LogP contribution in [0, 0.1) is 13.8 Å². The van der Waals surface area contributed by atoms with Crippen LogP contribution >= 0.6 is 0 Å². The van der Waals surface area contributed by atoms with Gasteiger partial charge in [0, 0.05) is 22.8 Å².